The number of carbonyl (C=O) groups excluding carboxylic acids is 1. The molecule has 0 bridgehead atoms. The van der Waals surface area contributed by atoms with Crippen molar-refractivity contribution in [2.45, 2.75) is 52.1 Å². The number of aromatic nitrogens is 2. The molecule has 1 amide bonds. The molecule has 1 aliphatic carbocycles. The topological polar surface area (TPSA) is 98.1 Å². The van der Waals surface area contributed by atoms with Gasteiger partial charge in [-0.3, -0.25) is 4.79 Å². The summed E-state index contributed by atoms with van der Waals surface area (Å²) in [5.41, 5.74) is 14.2. The smallest absolute Gasteiger partial charge is 0.237 e. The molecule has 0 aromatic carbocycles. The lowest BCUT2D eigenvalue weighted by atomic mass is 10.1. The molecule has 1 aromatic heterocycles. The lowest BCUT2D eigenvalue weighted by Crippen LogP contribution is -2.41. The van der Waals surface area contributed by atoms with E-state index in [9.17, 15) is 4.79 Å². The van der Waals surface area contributed by atoms with Gasteiger partial charge in [0.25, 0.3) is 0 Å². The van der Waals surface area contributed by atoms with E-state index in [4.69, 9.17) is 11.5 Å². The van der Waals surface area contributed by atoms with E-state index in [0.717, 1.165) is 35.5 Å². The molecule has 1 saturated carbocycles. The van der Waals surface area contributed by atoms with Gasteiger partial charge in [0.1, 0.15) is 0 Å². The Morgan fingerprint density at radius 2 is 1.95 bits per heavy atom. The zero-order chi connectivity index (χ0) is 14.7. The summed E-state index contributed by atoms with van der Waals surface area (Å²) in [6.45, 7) is 4.47. The minimum absolute atomic E-state index is 0.175. The van der Waals surface area contributed by atoms with Crippen molar-refractivity contribution in [2.75, 3.05) is 11.4 Å². The molecular formula is C14H23N5O. The van der Waals surface area contributed by atoms with Crippen molar-refractivity contribution in [3.63, 3.8) is 0 Å². The summed E-state index contributed by atoms with van der Waals surface area (Å²) in [7, 11) is 0. The summed E-state index contributed by atoms with van der Waals surface area (Å²) >= 11 is 0. The van der Waals surface area contributed by atoms with Crippen molar-refractivity contribution >= 4 is 11.7 Å². The highest BCUT2D eigenvalue weighted by Gasteiger charge is 2.27. The number of hydrogen-bond donors (Lipinski definition) is 2. The molecule has 4 N–H and O–H groups in total. The van der Waals surface area contributed by atoms with Crippen LogP contribution in [0.4, 0.5) is 5.82 Å². The van der Waals surface area contributed by atoms with Gasteiger partial charge in [-0.15, -0.1) is 5.10 Å². The van der Waals surface area contributed by atoms with Crippen LogP contribution in [0.25, 0.3) is 0 Å². The van der Waals surface area contributed by atoms with Crippen LogP contribution in [-0.4, -0.2) is 28.7 Å². The lowest BCUT2D eigenvalue weighted by Gasteiger charge is -2.30. The molecule has 0 unspecified atom stereocenters. The second kappa shape index (κ2) is 6.17. The fourth-order valence-electron chi connectivity index (χ4n) is 2.88. The maximum absolute atomic E-state index is 11.4. The molecule has 0 atom stereocenters. The maximum Gasteiger partial charge on any atom is 0.237 e. The number of rotatable bonds is 5. The van der Waals surface area contributed by atoms with E-state index in [1.807, 2.05) is 18.7 Å². The molecule has 110 valence electrons. The number of aryl methyl sites for hydroxylation is 1. The number of nitrogens with zero attached hydrogens (tertiary/aromatic N) is 3. The Morgan fingerprint density at radius 1 is 1.30 bits per heavy atom. The first kappa shape index (κ1) is 14.7. The zero-order valence-electron chi connectivity index (χ0n) is 12.2. The highest BCUT2D eigenvalue weighted by Crippen LogP contribution is 2.30. The summed E-state index contributed by atoms with van der Waals surface area (Å²) in [5, 5.41) is 8.48. The van der Waals surface area contributed by atoms with Crippen LogP contribution in [0, 0.1) is 13.8 Å². The van der Waals surface area contributed by atoms with Crippen molar-refractivity contribution in [3.05, 3.63) is 16.8 Å². The first-order valence-electron chi connectivity index (χ1n) is 7.12. The number of anilines is 1. The standard InChI is InChI=1S/C14H23N5O/c1-9-10(2)17-18-14(12(9)7-15)19(8-13(16)20)11-5-3-4-6-11/h11H,3-8,15H2,1-2H3,(H2,16,20). The summed E-state index contributed by atoms with van der Waals surface area (Å²) in [5.74, 6) is 0.376. The molecule has 0 radical (unpaired) electrons. The van der Waals surface area contributed by atoms with Crippen LogP contribution in [-0.2, 0) is 11.3 Å². The van der Waals surface area contributed by atoms with Crippen LogP contribution in [0.15, 0.2) is 0 Å². The zero-order valence-corrected chi connectivity index (χ0v) is 12.2. The Morgan fingerprint density at radius 3 is 2.50 bits per heavy atom. The summed E-state index contributed by atoms with van der Waals surface area (Å²) in [6.07, 6.45) is 4.48. The molecule has 0 aliphatic heterocycles. The third kappa shape index (κ3) is 2.90. The Hall–Kier alpha value is -1.69. The van der Waals surface area contributed by atoms with Gasteiger partial charge in [0.2, 0.25) is 5.91 Å². The van der Waals surface area contributed by atoms with Gasteiger partial charge in [-0.1, -0.05) is 12.8 Å². The van der Waals surface area contributed by atoms with E-state index in [2.05, 4.69) is 10.2 Å². The Kier molecular flexibility index (Phi) is 4.54. The molecule has 0 saturated heterocycles. The summed E-state index contributed by atoms with van der Waals surface area (Å²) in [6, 6.07) is 0.309. The van der Waals surface area contributed by atoms with Gasteiger partial charge >= 0.3 is 0 Å². The first-order valence-corrected chi connectivity index (χ1v) is 7.12. The van der Waals surface area contributed by atoms with Gasteiger partial charge < -0.3 is 16.4 Å². The number of nitrogens with two attached hydrogens (primary N) is 2. The Labute approximate surface area is 119 Å². The number of amides is 1. The van der Waals surface area contributed by atoms with Gasteiger partial charge in [-0.25, -0.2) is 0 Å². The maximum atomic E-state index is 11.4. The van der Waals surface area contributed by atoms with E-state index in [1.54, 1.807) is 0 Å². The van der Waals surface area contributed by atoms with Crippen molar-refractivity contribution in [1.29, 1.82) is 0 Å². The summed E-state index contributed by atoms with van der Waals surface area (Å²) < 4.78 is 0. The highest BCUT2D eigenvalue weighted by molar-refractivity contribution is 5.79. The van der Waals surface area contributed by atoms with Crippen molar-refractivity contribution in [2.24, 2.45) is 11.5 Å². The quantitative estimate of drug-likeness (QED) is 0.829. The molecule has 6 heteroatoms. The van der Waals surface area contributed by atoms with E-state index in [1.165, 1.54) is 12.8 Å². The van der Waals surface area contributed by atoms with Crippen molar-refractivity contribution in [3.8, 4) is 0 Å². The van der Waals surface area contributed by atoms with Crippen molar-refractivity contribution in [1.82, 2.24) is 10.2 Å². The molecule has 20 heavy (non-hydrogen) atoms. The third-order valence-electron chi connectivity index (χ3n) is 4.13. The molecular weight excluding hydrogens is 254 g/mol. The first-order chi connectivity index (χ1) is 9.54. The van der Waals surface area contributed by atoms with E-state index >= 15 is 0 Å². The van der Waals surface area contributed by atoms with Gasteiger partial charge in [0, 0.05) is 18.2 Å². The van der Waals surface area contributed by atoms with E-state index in [-0.39, 0.29) is 12.5 Å². The lowest BCUT2D eigenvalue weighted by molar-refractivity contribution is -0.116. The van der Waals surface area contributed by atoms with Crippen LogP contribution in [0.5, 0.6) is 0 Å². The largest absolute Gasteiger partial charge is 0.368 e. The fraction of sp³-hybridized carbons (Fsp3) is 0.643. The number of primary amides is 1. The van der Waals surface area contributed by atoms with Crippen LogP contribution in [0.1, 0.15) is 42.5 Å². The van der Waals surface area contributed by atoms with Gasteiger partial charge in [-0.2, -0.15) is 5.10 Å². The fourth-order valence-corrected chi connectivity index (χ4v) is 2.88. The third-order valence-corrected chi connectivity index (χ3v) is 4.13. The molecule has 6 nitrogen and oxygen atoms in total. The number of hydrogen-bond acceptors (Lipinski definition) is 5. The minimum atomic E-state index is -0.347. The average molecular weight is 277 g/mol. The monoisotopic (exact) mass is 277 g/mol. The second-order valence-electron chi connectivity index (χ2n) is 5.45. The molecule has 1 heterocycles. The molecule has 0 spiro atoms. The Bertz CT molecular complexity index is 497. The van der Waals surface area contributed by atoms with E-state index < -0.39 is 0 Å². The normalized spacial score (nSPS) is 15.6. The van der Waals surface area contributed by atoms with Gasteiger partial charge in [0.15, 0.2) is 5.82 Å². The van der Waals surface area contributed by atoms with Crippen LogP contribution < -0.4 is 16.4 Å². The Balaban J connectivity index is 2.42. The average Bonchev–Trinajstić information content (AvgIpc) is 2.93. The highest BCUT2D eigenvalue weighted by atomic mass is 16.1. The second-order valence-corrected chi connectivity index (χ2v) is 5.45. The van der Waals surface area contributed by atoms with Gasteiger partial charge in [0.05, 0.1) is 12.2 Å². The predicted molar refractivity (Wildman–Crippen MR) is 78.2 cm³/mol. The minimum Gasteiger partial charge on any atom is -0.368 e. The molecule has 2 rings (SSSR count). The summed E-state index contributed by atoms with van der Waals surface area (Å²) in [4.78, 5) is 13.4. The van der Waals surface area contributed by atoms with Gasteiger partial charge in [-0.05, 0) is 32.3 Å². The molecule has 1 aromatic rings. The van der Waals surface area contributed by atoms with Crippen LogP contribution >= 0.6 is 0 Å². The molecule has 1 fully saturated rings. The molecule has 1 aliphatic rings. The van der Waals surface area contributed by atoms with Crippen molar-refractivity contribution < 1.29 is 4.79 Å². The number of carbonyl (C=O) groups is 1. The van der Waals surface area contributed by atoms with Crippen LogP contribution in [0.2, 0.25) is 0 Å². The van der Waals surface area contributed by atoms with E-state index in [0.29, 0.717) is 12.6 Å². The predicted octanol–water partition coefficient (Wildman–Crippen LogP) is 0.786. The van der Waals surface area contributed by atoms with Crippen LogP contribution in [0.3, 0.4) is 0 Å². The SMILES string of the molecule is Cc1nnc(N(CC(N)=O)C2CCCC2)c(CN)c1C.